The van der Waals surface area contributed by atoms with E-state index in [0.717, 1.165) is 17.8 Å². The molecule has 2 rings (SSSR count). The maximum atomic E-state index is 5.65. The number of nitrogens with one attached hydrogen (secondary N) is 1. The number of hydrogen-bond donors (Lipinski definition) is 2. The topological polar surface area (TPSA) is 80.5 Å². The lowest BCUT2D eigenvalue weighted by Gasteiger charge is -1.98. The SMILES string of the molecule is CC(N)Cc1nc2nnccc2[nH]1. The van der Waals surface area contributed by atoms with Crippen molar-refractivity contribution in [3.05, 3.63) is 18.1 Å². The predicted octanol–water partition coefficient (Wildman–Crippen LogP) is 0.243. The van der Waals surface area contributed by atoms with Gasteiger partial charge in [0.2, 0.25) is 0 Å². The first-order valence-corrected chi connectivity index (χ1v) is 4.17. The Bertz CT molecular complexity index is 373. The second kappa shape index (κ2) is 3.10. The van der Waals surface area contributed by atoms with Crippen molar-refractivity contribution in [1.29, 1.82) is 0 Å². The zero-order valence-electron chi connectivity index (χ0n) is 7.36. The maximum absolute atomic E-state index is 5.65. The molecule has 1 atom stereocenters. The van der Waals surface area contributed by atoms with Gasteiger partial charge in [-0.2, -0.15) is 5.10 Å². The summed E-state index contributed by atoms with van der Waals surface area (Å²) in [5.41, 5.74) is 7.21. The van der Waals surface area contributed by atoms with Crippen LogP contribution in [0.25, 0.3) is 11.2 Å². The molecular weight excluding hydrogens is 166 g/mol. The van der Waals surface area contributed by atoms with Crippen LogP contribution in [0.15, 0.2) is 12.3 Å². The molecule has 0 radical (unpaired) electrons. The summed E-state index contributed by atoms with van der Waals surface area (Å²) in [6.07, 6.45) is 2.37. The van der Waals surface area contributed by atoms with Gasteiger partial charge in [0.05, 0.1) is 11.7 Å². The van der Waals surface area contributed by atoms with Crippen molar-refractivity contribution in [3.63, 3.8) is 0 Å². The van der Waals surface area contributed by atoms with E-state index >= 15 is 0 Å². The Morgan fingerprint density at radius 3 is 3.15 bits per heavy atom. The first-order valence-electron chi connectivity index (χ1n) is 4.17. The number of hydrogen-bond acceptors (Lipinski definition) is 4. The number of nitrogens with two attached hydrogens (primary N) is 1. The number of aromatic amines is 1. The molecule has 0 aliphatic carbocycles. The standard InChI is InChI=1S/C8H11N5/c1-5(9)4-7-11-6-2-3-10-13-8(6)12-7/h2-3,5H,4,9H2,1H3,(H,11,12,13). The molecule has 13 heavy (non-hydrogen) atoms. The zero-order valence-corrected chi connectivity index (χ0v) is 7.36. The smallest absolute Gasteiger partial charge is 0.199 e. The highest BCUT2D eigenvalue weighted by Gasteiger charge is 2.04. The molecule has 0 saturated carbocycles. The van der Waals surface area contributed by atoms with E-state index in [1.54, 1.807) is 6.20 Å². The van der Waals surface area contributed by atoms with Crippen molar-refractivity contribution >= 4 is 11.2 Å². The first-order chi connectivity index (χ1) is 6.25. The van der Waals surface area contributed by atoms with Crippen LogP contribution in [-0.4, -0.2) is 26.2 Å². The lowest BCUT2D eigenvalue weighted by molar-refractivity contribution is 0.711. The summed E-state index contributed by atoms with van der Waals surface area (Å²) in [5, 5.41) is 7.62. The van der Waals surface area contributed by atoms with Gasteiger partial charge in [-0.1, -0.05) is 0 Å². The molecule has 5 nitrogen and oxygen atoms in total. The van der Waals surface area contributed by atoms with Crippen LogP contribution in [0.3, 0.4) is 0 Å². The monoisotopic (exact) mass is 177 g/mol. The van der Waals surface area contributed by atoms with Crippen molar-refractivity contribution in [1.82, 2.24) is 20.2 Å². The lowest BCUT2D eigenvalue weighted by Crippen LogP contribution is -2.18. The average molecular weight is 177 g/mol. The fourth-order valence-corrected chi connectivity index (χ4v) is 1.22. The molecule has 2 aromatic rings. The Balaban J connectivity index is 2.38. The van der Waals surface area contributed by atoms with Gasteiger partial charge < -0.3 is 10.7 Å². The summed E-state index contributed by atoms with van der Waals surface area (Å²) in [6.45, 7) is 1.94. The molecule has 5 heteroatoms. The highest BCUT2D eigenvalue weighted by atomic mass is 15.1. The van der Waals surface area contributed by atoms with Gasteiger partial charge in [0.15, 0.2) is 5.65 Å². The van der Waals surface area contributed by atoms with E-state index in [1.165, 1.54) is 0 Å². The number of H-pyrrole nitrogens is 1. The van der Waals surface area contributed by atoms with Crippen LogP contribution in [0.2, 0.25) is 0 Å². The van der Waals surface area contributed by atoms with Gasteiger partial charge in [-0.25, -0.2) is 4.98 Å². The van der Waals surface area contributed by atoms with Crippen LogP contribution in [0.4, 0.5) is 0 Å². The molecule has 0 spiro atoms. The molecule has 1 unspecified atom stereocenters. The van der Waals surface area contributed by atoms with Crippen LogP contribution < -0.4 is 5.73 Å². The van der Waals surface area contributed by atoms with Gasteiger partial charge >= 0.3 is 0 Å². The molecule has 0 amide bonds. The van der Waals surface area contributed by atoms with E-state index in [4.69, 9.17) is 5.73 Å². The highest BCUT2D eigenvalue weighted by Crippen LogP contribution is 2.06. The van der Waals surface area contributed by atoms with Gasteiger partial charge in [0, 0.05) is 12.5 Å². The van der Waals surface area contributed by atoms with E-state index < -0.39 is 0 Å². The Morgan fingerprint density at radius 2 is 2.46 bits per heavy atom. The maximum Gasteiger partial charge on any atom is 0.199 e. The second-order valence-electron chi connectivity index (χ2n) is 3.13. The van der Waals surface area contributed by atoms with Crippen LogP contribution >= 0.6 is 0 Å². The van der Waals surface area contributed by atoms with Gasteiger partial charge in [0.1, 0.15) is 5.82 Å². The van der Waals surface area contributed by atoms with Crippen molar-refractivity contribution < 1.29 is 0 Å². The van der Waals surface area contributed by atoms with Crippen molar-refractivity contribution in [2.24, 2.45) is 5.73 Å². The van der Waals surface area contributed by atoms with Crippen LogP contribution in [-0.2, 0) is 6.42 Å². The number of nitrogens with zero attached hydrogens (tertiary/aromatic N) is 3. The van der Waals surface area contributed by atoms with Crippen molar-refractivity contribution in [2.45, 2.75) is 19.4 Å². The summed E-state index contributed by atoms with van der Waals surface area (Å²) >= 11 is 0. The van der Waals surface area contributed by atoms with E-state index in [-0.39, 0.29) is 6.04 Å². The Morgan fingerprint density at radius 1 is 1.62 bits per heavy atom. The number of imidazole rings is 1. The summed E-state index contributed by atoms with van der Waals surface area (Å²) in [6, 6.07) is 1.95. The first kappa shape index (κ1) is 8.12. The normalized spacial score (nSPS) is 13.4. The quantitative estimate of drug-likeness (QED) is 0.688. The van der Waals surface area contributed by atoms with Crippen LogP contribution in [0.1, 0.15) is 12.7 Å². The van der Waals surface area contributed by atoms with Gasteiger partial charge in [-0.3, -0.25) is 0 Å². The van der Waals surface area contributed by atoms with Gasteiger partial charge in [-0.05, 0) is 13.0 Å². The van der Waals surface area contributed by atoms with Gasteiger partial charge in [-0.15, -0.1) is 5.10 Å². The molecule has 68 valence electrons. The fourth-order valence-electron chi connectivity index (χ4n) is 1.22. The average Bonchev–Trinajstić information content (AvgIpc) is 2.44. The molecule has 0 bridgehead atoms. The number of rotatable bonds is 2. The minimum Gasteiger partial charge on any atom is -0.340 e. The second-order valence-corrected chi connectivity index (χ2v) is 3.13. The Hall–Kier alpha value is -1.49. The van der Waals surface area contributed by atoms with E-state index in [2.05, 4.69) is 20.2 Å². The molecule has 0 aliphatic heterocycles. The molecule has 0 aromatic carbocycles. The molecule has 0 aliphatic rings. The molecule has 2 heterocycles. The Kier molecular flexibility index (Phi) is 1.94. The molecular formula is C8H11N5. The third kappa shape index (κ3) is 1.65. The van der Waals surface area contributed by atoms with E-state index in [0.29, 0.717) is 5.65 Å². The minimum absolute atomic E-state index is 0.105. The predicted molar refractivity (Wildman–Crippen MR) is 49.0 cm³/mol. The van der Waals surface area contributed by atoms with Crippen molar-refractivity contribution in [2.75, 3.05) is 0 Å². The van der Waals surface area contributed by atoms with E-state index in [1.807, 2.05) is 13.0 Å². The summed E-state index contributed by atoms with van der Waals surface area (Å²) < 4.78 is 0. The zero-order chi connectivity index (χ0) is 9.26. The van der Waals surface area contributed by atoms with Gasteiger partial charge in [0.25, 0.3) is 0 Å². The van der Waals surface area contributed by atoms with E-state index in [9.17, 15) is 0 Å². The molecule has 0 fully saturated rings. The highest BCUT2D eigenvalue weighted by molar-refractivity contribution is 5.69. The van der Waals surface area contributed by atoms with Crippen LogP contribution in [0.5, 0.6) is 0 Å². The number of fused-ring (bicyclic) bond motifs is 1. The summed E-state index contributed by atoms with van der Waals surface area (Å²) in [7, 11) is 0. The summed E-state index contributed by atoms with van der Waals surface area (Å²) in [4.78, 5) is 7.38. The molecule has 3 N–H and O–H groups in total. The fraction of sp³-hybridized carbons (Fsp3) is 0.375. The molecule has 2 aromatic heterocycles. The minimum atomic E-state index is 0.105. The van der Waals surface area contributed by atoms with Crippen LogP contribution in [0, 0.1) is 0 Å². The third-order valence-electron chi connectivity index (χ3n) is 1.74. The molecule has 0 saturated heterocycles. The summed E-state index contributed by atoms with van der Waals surface area (Å²) in [5.74, 6) is 0.866. The largest absolute Gasteiger partial charge is 0.340 e. The third-order valence-corrected chi connectivity index (χ3v) is 1.74. The lowest BCUT2D eigenvalue weighted by atomic mass is 10.2. The Labute approximate surface area is 75.4 Å². The number of aromatic nitrogens is 4. The van der Waals surface area contributed by atoms with Crippen molar-refractivity contribution in [3.8, 4) is 0 Å².